The molecule has 0 fully saturated rings. The first-order valence-electron chi connectivity index (χ1n) is 7.44. The Balaban J connectivity index is 2.17. The van der Waals surface area contributed by atoms with Crippen LogP contribution in [0.1, 0.15) is 46.3 Å². The zero-order valence-electron chi connectivity index (χ0n) is 13.7. The van der Waals surface area contributed by atoms with Gasteiger partial charge in [0.25, 0.3) is 0 Å². The lowest BCUT2D eigenvalue weighted by Crippen LogP contribution is -2.06. The Kier molecular flexibility index (Phi) is 4.69. The van der Waals surface area contributed by atoms with Gasteiger partial charge in [0, 0.05) is 6.04 Å². The van der Waals surface area contributed by atoms with Gasteiger partial charge in [0.05, 0.1) is 0 Å². The second kappa shape index (κ2) is 6.31. The molecule has 21 heavy (non-hydrogen) atoms. The zero-order valence-corrected chi connectivity index (χ0v) is 13.7. The van der Waals surface area contributed by atoms with Gasteiger partial charge < -0.3 is 10.5 Å². The highest BCUT2D eigenvalue weighted by Gasteiger charge is 2.08. The van der Waals surface area contributed by atoms with Crippen LogP contribution in [0, 0.1) is 27.7 Å². The fraction of sp³-hybridized carbons (Fsp3) is 0.368. The summed E-state index contributed by atoms with van der Waals surface area (Å²) in [6.45, 7) is 11.1. The van der Waals surface area contributed by atoms with Crippen molar-refractivity contribution in [1.29, 1.82) is 0 Å². The summed E-state index contributed by atoms with van der Waals surface area (Å²) in [6, 6.07) is 10.6. The Bertz CT molecular complexity index is 621. The molecular formula is C19H25NO. The van der Waals surface area contributed by atoms with E-state index in [9.17, 15) is 0 Å². The minimum absolute atomic E-state index is 0.0549. The molecule has 2 N–H and O–H groups in total. The minimum atomic E-state index is 0.0549. The molecule has 0 spiro atoms. The van der Waals surface area contributed by atoms with E-state index < -0.39 is 0 Å². The van der Waals surface area contributed by atoms with Gasteiger partial charge in [-0.15, -0.1) is 0 Å². The first kappa shape index (κ1) is 15.6. The molecule has 2 aromatic rings. The Labute approximate surface area is 127 Å². The molecule has 0 aliphatic carbocycles. The molecule has 1 atom stereocenters. The Hall–Kier alpha value is -1.80. The first-order chi connectivity index (χ1) is 9.88. The van der Waals surface area contributed by atoms with Crippen molar-refractivity contribution >= 4 is 0 Å². The molecular weight excluding hydrogens is 258 g/mol. The first-order valence-corrected chi connectivity index (χ1v) is 7.44. The van der Waals surface area contributed by atoms with Gasteiger partial charge in [-0.05, 0) is 68.5 Å². The van der Waals surface area contributed by atoms with Gasteiger partial charge in [-0.2, -0.15) is 0 Å². The largest absolute Gasteiger partial charge is 0.489 e. The van der Waals surface area contributed by atoms with Gasteiger partial charge in [0.15, 0.2) is 0 Å². The van der Waals surface area contributed by atoms with Crippen LogP contribution >= 0.6 is 0 Å². The molecule has 0 radical (unpaired) electrons. The summed E-state index contributed by atoms with van der Waals surface area (Å²) >= 11 is 0. The highest BCUT2D eigenvalue weighted by molar-refractivity contribution is 5.40. The molecule has 2 aromatic carbocycles. The third-order valence-electron chi connectivity index (χ3n) is 3.94. The van der Waals surface area contributed by atoms with Crippen molar-refractivity contribution in [3.8, 4) is 5.75 Å². The van der Waals surface area contributed by atoms with E-state index in [1.54, 1.807) is 0 Å². The second-order valence-electron chi connectivity index (χ2n) is 5.98. The fourth-order valence-electron chi connectivity index (χ4n) is 2.71. The summed E-state index contributed by atoms with van der Waals surface area (Å²) in [5.74, 6) is 0.929. The van der Waals surface area contributed by atoms with E-state index in [0.717, 1.165) is 16.9 Å². The molecule has 0 aromatic heterocycles. The molecule has 0 aliphatic heterocycles. The molecule has 0 bridgehead atoms. The topological polar surface area (TPSA) is 35.2 Å². The summed E-state index contributed by atoms with van der Waals surface area (Å²) in [6.07, 6.45) is 0. The number of nitrogens with two attached hydrogens (primary N) is 1. The van der Waals surface area contributed by atoms with Crippen LogP contribution in [0.4, 0.5) is 0 Å². The monoisotopic (exact) mass is 283 g/mol. The highest BCUT2D eigenvalue weighted by atomic mass is 16.5. The van der Waals surface area contributed by atoms with E-state index in [4.69, 9.17) is 10.5 Å². The number of hydrogen-bond donors (Lipinski definition) is 1. The number of aryl methyl sites for hydroxylation is 4. The molecule has 0 heterocycles. The maximum atomic E-state index is 6.02. The predicted octanol–water partition coefficient (Wildman–Crippen LogP) is 4.52. The van der Waals surface area contributed by atoms with Gasteiger partial charge in [0.1, 0.15) is 12.4 Å². The predicted molar refractivity (Wildman–Crippen MR) is 88.8 cm³/mol. The van der Waals surface area contributed by atoms with Gasteiger partial charge in [-0.1, -0.05) is 29.8 Å². The van der Waals surface area contributed by atoms with Crippen LogP contribution in [0.25, 0.3) is 0 Å². The molecule has 0 amide bonds. The van der Waals surface area contributed by atoms with Gasteiger partial charge in [-0.25, -0.2) is 0 Å². The molecule has 2 nitrogen and oxygen atoms in total. The quantitative estimate of drug-likeness (QED) is 0.895. The average Bonchev–Trinajstić information content (AvgIpc) is 2.38. The lowest BCUT2D eigenvalue weighted by Gasteiger charge is -2.15. The van der Waals surface area contributed by atoms with Crippen molar-refractivity contribution in [3.63, 3.8) is 0 Å². The molecule has 0 saturated carbocycles. The highest BCUT2D eigenvalue weighted by Crippen LogP contribution is 2.24. The SMILES string of the molecule is Cc1cc(C)c(COc2ccc(C(C)N)cc2C)c(C)c1. The van der Waals surface area contributed by atoms with E-state index in [0.29, 0.717) is 6.61 Å². The fourth-order valence-corrected chi connectivity index (χ4v) is 2.71. The Morgan fingerprint density at radius 1 is 0.952 bits per heavy atom. The lowest BCUT2D eigenvalue weighted by atomic mass is 10.0. The smallest absolute Gasteiger partial charge is 0.122 e. The summed E-state index contributed by atoms with van der Waals surface area (Å²) in [5.41, 5.74) is 13.3. The van der Waals surface area contributed by atoms with Crippen LogP contribution in [-0.4, -0.2) is 0 Å². The van der Waals surface area contributed by atoms with Crippen molar-refractivity contribution in [2.45, 2.75) is 47.3 Å². The van der Waals surface area contributed by atoms with E-state index in [-0.39, 0.29) is 6.04 Å². The summed E-state index contributed by atoms with van der Waals surface area (Å²) < 4.78 is 6.02. The molecule has 0 aliphatic rings. The number of rotatable bonds is 4. The normalized spacial score (nSPS) is 12.3. The van der Waals surface area contributed by atoms with Crippen LogP contribution in [0.15, 0.2) is 30.3 Å². The minimum Gasteiger partial charge on any atom is -0.489 e. The molecule has 0 saturated heterocycles. The van der Waals surface area contributed by atoms with Crippen LogP contribution in [0.3, 0.4) is 0 Å². The number of ether oxygens (including phenoxy) is 1. The maximum absolute atomic E-state index is 6.02. The van der Waals surface area contributed by atoms with Crippen molar-refractivity contribution < 1.29 is 4.74 Å². The van der Waals surface area contributed by atoms with Crippen molar-refractivity contribution in [1.82, 2.24) is 0 Å². The molecule has 2 rings (SSSR count). The third kappa shape index (κ3) is 3.64. The average molecular weight is 283 g/mol. The summed E-state index contributed by atoms with van der Waals surface area (Å²) in [7, 11) is 0. The third-order valence-corrected chi connectivity index (χ3v) is 3.94. The van der Waals surface area contributed by atoms with Crippen LogP contribution in [0.5, 0.6) is 5.75 Å². The van der Waals surface area contributed by atoms with Crippen molar-refractivity contribution in [2.75, 3.05) is 0 Å². The van der Waals surface area contributed by atoms with Crippen LogP contribution in [-0.2, 0) is 6.61 Å². The van der Waals surface area contributed by atoms with E-state index in [2.05, 4.69) is 45.9 Å². The molecule has 2 heteroatoms. The van der Waals surface area contributed by atoms with Crippen LogP contribution in [0.2, 0.25) is 0 Å². The zero-order chi connectivity index (χ0) is 15.6. The van der Waals surface area contributed by atoms with Gasteiger partial charge in [0.2, 0.25) is 0 Å². The van der Waals surface area contributed by atoms with Gasteiger partial charge >= 0.3 is 0 Å². The summed E-state index contributed by atoms with van der Waals surface area (Å²) in [5, 5.41) is 0. The van der Waals surface area contributed by atoms with Gasteiger partial charge in [-0.3, -0.25) is 0 Å². The Morgan fingerprint density at radius 2 is 1.57 bits per heavy atom. The van der Waals surface area contributed by atoms with Crippen LogP contribution < -0.4 is 10.5 Å². The van der Waals surface area contributed by atoms with E-state index >= 15 is 0 Å². The van der Waals surface area contributed by atoms with Crippen molar-refractivity contribution in [3.05, 3.63) is 63.7 Å². The summed E-state index contributed by atoms with van der Waals surface area (Å²) in [4.78, 5) is 0. The Morgan fingerprint density at radius 3 is 2.10 bits per heavy atom. The van der Waals surface area contributed by atoms with E-state index in [1.807, 2.05) is 19.1 Å². The lowest BCUT2D eigenvalue weighted by molar-refractivity contribution is 0.302. The van der Waals surface area contributed by atoms with E-state index in [1.165, 1.54) is 22.3 Å². The van der Waals surface area contributed by atoms with Crippen molar-refractivity contribution in [2.24, 2.45) is 5.73 Å². The number of benzene rings is 2. The maximum Gasteiger partial charge on any atom is 0.122 e. The number of hydrogen-bond acceptors (Lipinski definition) is 2. The second-order valence-corrected chi connectivity index (χ2v) is 5.98. The molecule has 1 unspecified atom stereocenters. The molecule has 112 valence electrons. The standard InChI is InChI=1S/C19H25NO/c1-12-8-13(2)18(14(3)9-12)11-21-19-7-6-17(16(5)20)10-15(19)4/h6-10,16H,11,20H2,1-5H3.